The van der Waals surface area contributed by atoms with Crippen LogP contribution in [0.1, 0.15) is 53.9 Å². The number of piperidine rings is 1. The van der Waals surface area contributed by atoms with Crippen molar-refractivity contribution in [1.29, 1.82) is 0 Å². The van der Waals surface area contributed by atoms with Gasteiger partial charge in [-0.25, -0.2) is 0 Å². The summed E-state index contributed by atoms with van der Waals surface area (Å²) in [5, 5.41) is 3.65. The minimum Gasteiger partial charge on any atom is -0.311 e. The lowest BCUT2D eigenvalue weighted by atomic mass is 10.0. The maximum Gasteiger partial charge on any atom is 0.0224 e. The van der Waals surface area contributed by atoms with Crippen LogP contribution in [0.2, 0.25) is 0 Å². The van der Waals surface area contributed by atoms with Crippen molar-refractivity contribution in [3.8, 4) is 0 Å². The molecule has 0 aromatic rings. The van der Waals surface area contributed by atoms with Crippen LogP contribution in [0, 0.1) is 0 Å². The number of allylic oxidation sites excluding steroid dienone is 1. The molecule has 0 aliphatic carbocycles. The van der Waals surface area contributed by atoms with Gasteiger partial charge in [0.05, 0.1) is 0 Å². The molecule has 1 fully saturated rings. The number of hydrogen-bond acceptors (Lipinski definition) is 2. The van der Waals surface area contributed by atoms with Crippen molar-refractivity contribution in [2.75, 3.05) is 19.6 Å². The normalized spacial score (nSPS) is 22.5. The van der Waals surface area contributed by atoms with Gasteiger partial charge in [0.1, 0.15) is 0 Å². The van der Waals surface area contributed by atoms with Gasteiger partial charge >= 0.3 is 0 Å². The Kier molecular flexibility index (Phi) is 5.68. The van der Waals surface area contributed by atoms with Gasteiger partial charge in [0.15, 0.2) is 0 Å². The molecule has 0 aromatic heterocycles. The third-order valence-corrected chi connectivity index (χ3v) is 3.35. The maximum atomic E-state index is 3.65. The van der Waals surface area contributed by atoms with Gasteiger partial charge in [-0.2, -0.15) is 0 Å². The van der Waals surface area contributed by atoms with Crippen LogP contribution in [0.15, 0.2) is 11.6 Å². The first-order valence-electron chi connectivity index (χ1n) is 7.01. The zero-order chi connectivity index (χ0) is 12.9. The minimum absolute atomic E-state index is 0.236. The average Bonchev–Trinajstić information content (AvgIpc) is 2.23. The van der Waals surface area contributed by atoms with Gasteiger partial charge in [-0.05, 0) is 54.0 Å². The van der Waals surface area contributed by atoms with Crippen LogP contribution < -0.4 is 5.32 Å². The molecule has 0 bridgehead atoms. The van der Waals surface area contributed by atoms with E-state index in [4.69, 9.17) is 0 Å². The summed E-state index contributed by atoms with van der Waals surface area (Å²) in [6.45, 7) is 14.6. The standard InChI is InChI=1S/C15H30N2/c1-13(2)9-11-17-10-7-6-8-14(17)12-16-15(3,4)5/h9,14,16H,6-8,10-12H2,1-5H3. The minimum atomic E-state index is 0.236. The number of hydrogen-bond donors (Lipinski definition) is 1. The van der Waals surface area contributed by atoms with Gasteiger partial charge < -0.3 is 5.32 Å². The van der Waals surface area contributed by atoms with Crippen molar-refractivity contribution in [1.82, 2.24) is 10.2 Å². The van der Waals surface area contributed by atoms with E-state index in [9.17, 15) is 0 Å². The van der Waals surface area contributed by atoms with E-state index in [1.807, 2.05) is 0 Å². The molecule has 2 heteroatoms. The van der Waals surface area contributed by atoms with Crippen molar-refractivity contribution in [3.05, 3.63) is 11.6 Å². The van der Waals surface area contributed by atoms with Gasteiger partial charge in [0.25, 0.3) is 0 Å². The van der Waals surface area contributed by atoms with Crippen LogP contribution in [-0.4, -0.2) is 36.1 Å². The van der Waals surface area contributed by atoms with E-state index >= 15 is 0 Å². The van der Waals surface area contributed by atoms with Crippen LogP contribution in [0.3, 0.4) is 0 Å². The van der Waals surface area contributed by atoms with Crippen LogP contribution in [0.5, 0.6) is 0 Å². The lowest BCUT2D eigenvalue weighted by Crippen LogP contribution is -2.49. The molecule has 1 rings (SSSR count). The Bertz CT molecular complexity index is 246. The molecule has 0 spiro atoms. The zero-order valence-corrected chi connectivity index (χ0v) is 12.3. The van der Waals surface area contributed by atoms with Crippen molar-refractivity contribution in [2.24, 2.45) is 0 Å². The van der Waals surface area contributed by atoms with Crippen LogP contribution in [-0.2, 0) is 0 Å². The topological polar surface area (TPSA) is 15.3 Å². The van der Waals surface area contributed by atoms with Gasteiger partial charge in [-0.15, -0.1) is 0 Å². The first-order chi connectivity index (χ1) is 7.88. The number of nitrogens with one attached hydrogen (secondary N) is 1. The highest BCUT2D eigenvalue weighted by Gasteiger charge is 2.22. The summed E-state index contributed by atoms with van der Waals surface area (Å²) in [6, 6.07) is 0.721. The smallest absolute Gasteiger partial charge is 0.0224 e. The summed E-state index contributed by atoms with van der Waals surface area (Å²) in [5.41, 5.74) is 1.66. The van der Waals surface area contributed by atoms with Crippen molar-refractivity contribution < 1.29 is 0 Å². The Morgan fingerprint density at radius 2 is 2.00 bits per heavy atom. The predicted molar refractivity (Wildman–Crippen MR) is 76.4 cm³/mol. The molecule has 1 unspecified atom stereocenters. The molecular weight excluding hydrogens is 208 g/mol. The number of nitrogens with zero attached hydrogens (tertiary/aromatic N) is 1. The fraction of sp³-hybridized carbons (Fsp3) is 0.867. The fourth-order valence-electron chi connectivity index (χ4n) is 2.26. The molecule has 17 heavy (non-hydrogen) atoms. The number of likely N-dealkylation sites (tertiary alicyclic amines) is 1. The maximum absolute atomic E-state index is 3.65. The summed E-state index contributed by atoms with van der Waals surface area (Å²) < 4.78 is 0. The highest BCUT2D eigenvalue weighted by Crippen LogP contribution is 2.17. The Balaban J connectivity index is 2.45. The molecule has 0 radical (unpaired) electrons. The van der Waals surface area contributed by atoms with Gasteiger partial charge in [0, 0.05) is 24.7 Å². The Labute approximate surface area is 107 Å². The van der Waals surface area contributed by atoms with Crippen LogP contribution >= 0.6 is 0 Å². The van der Waals surface area contributed by atoms with Crippen LogP contribution in [0.25, 0.3) is 0 Å². The predicted octanol–water partition coefficient (Wildman–Crippen LogP) is 3.20. The van der Waals surface area contributed by atoms with E-state index in [-0.39, 0.29) is 5.54 Å². The first-order valence-corrected chi connectivity index (χ1v) is 7.01. The lowest BCUT2D eigenvalue weighted by molar-refractivity contribution is 0.154. The monoisotopic (exact) mass is 238 g/mol. The Hall–Kier alpha value is -0.340. The SMILES string of the molecule is CC(C)=CCN1CCCCC1CNC(C)(C)C. The molecule has 0 amide bonds. The van der Waals surface area contributed by atoms with Gasteiger partial charge in [-0.3, -0.25) is 4.90 Å². The van der Waals surface area contributed by atoms with E-state index in [1.54, 1.807) is 0 Å². The van der Waals surface area contributed by atoms with Crippen LogP contribution in [0.4, 0.5) is 0 Å². The Morgan fingerprint density at radius 1 is 1.29 bits per heavy atom. The van der Waals surface area contributed by atoms with E-state index in [0.717, 1.165) is 19.1 Å². The van der Waals surface area contributed by atoms with E-state index in [0.29, 0.717) is 0 Å². The molecule has 1 saturated heterocycles. The summed E-state index contributed by atoms with van der Waals surface area (Å²) >= 11 is 0. The first kappa shape index (κ1) is 14.7. The molecule has 0 aromatic carbocycles. The van der Waals surface area contributed by atoms with E-state index in [2.05, 4.69) is 50.9 Å². The van der Waals surface area contributed by atoms with Crippen molar-refractivity contribution in [2.45, 2.75) is 65.5 Å². The van der Waals surface area contributed by atoms with Gasteiger partial charge in [-0.1, -0.05) is 18.1 Å². The quantitative estimate of drug-likeness (QED) is 0.757. The number of rotatable bonds is 4. The second-order valence-electron chi connectivity index (χ2n) is 6.56. The second-order valence-corrected chi connectivity index (χ2v) is 6.56. The molecular formula is C15H30N2. The molecule has 1 N–H and O–H groups in total. The summed E-state index contributed by atoms with van der Waals surface area (Å²) in [7, 11) is 0. The largest absolute Gasteiger partial charge is 0.311 e. The summed E-state index contributed by atoms with van der Waals surface area (Å²) in [5.74, 6) is 0. The molecule has 1 heterocycles. The average molecular weight is 238 g/mol. The summed E-state index contributed by atoms with van der Waals surface area (Å²) in [6.07, 6.45) is 6.46. The summed E-state index contributed by atoms with van der Waals surface area (Å²) in [4.78, 5) is 2.63. The molecule has 1 aliphatic heterocycles. The third kappa shape index (κ3) is 6.23. The molecule has 1 aliphatic rings. The van der Waals surface area contributed by atoms with Gasteiger partial charge in [0.2, 0.25) is 0 Å². The third-order valence-electron chi connectivity index (χ3n) is 3.35. The Morgan fingerprint density at radius 3 is 2.59 bits per heavy atom. The highest BCUT2D eigenvalue weighted by molar-refractivity contribution is 4.96. The van der Waals surface area contributed by atoms with E-state index < -0.39 is 0 Å². The van der Waals surface area contributed by atoms with Crippen molar-refractivity contribution >= 4 is 0 Å². The highest BCUT2D eigenvalue weighted by atomic mass is 15.2. The molecule has 100 valence electrons. The molecule has 2 nitrogen and oxygen atoms in total. The van der Waals surface area contributed by atoms with E-state index in [1.165, 1.54) is 31.4 Å². The van der Waals surface area contributed by atoms with Crippen molar-refractivity contribution in [3.63, 3.8) is 0 Å². The zero-order valence-electron chi connectivity index (χ0n) is 12.3. The molecule has 0 saturated carbocycles. The fourth-order valence-corrected chi connectivity index (χ4v) is 2.26. The lowest BCUT2D eigenvalue weighted by Gasteiger charge is -2.37. The second kappa shape index (κ2) is 6.55. The molecule has 1 atom stereocenters.